The van der Waals surface area contributed by atoms with Crippen molar-refractivity contribution in [1.29, 1.82) is 0 Å². The molecule has 2 atom stereocenters. The normalized spacial score (nSPS) is 18.2. The minimum absolute atomic E-state index is 0.0428. The van der Waals surface area contributed by atoms with Crippen LogP contribution in [-0.4, -0.2) is 40.9 Å². The third-order valence-corrected chi connectivity index (χ3v) is 6.72. The Hall–Kier alpha value is -3.89. The summed E-state index contributed by atoms with van der Waals surface area (Å²) in [5.74, 6) is 0.121. The molecule has 0 radical (unpaired) electrons. The van der Waals surface area contributed by atoms with Gasteiger partial charge in [0.15, 0.2) is 11.6 Å². The molecule has 0 unspecified atom stereocenters. The van der Waals surface area contributed by atoms with E-state index in [1.165, 1.54) is 0 Å². The van der Waals surface area contributed by atoms with Crippen LogP contribution in [0.1, 0.15) is 34.8 Å². The molecule has 1 heterocycles. The van der Waals surface area contributed by atoms with Gasteiger partial charge in [0.05, 0.1) is 13.2 Å². The number of azide groups is 1. The minimum Gasteiger partial charge on any atom is -0.494 e. The van der Waals surface area contributed by atoms with Crippen molar-refractivity contribution >= 4 is 27.7 Å². The third kappa shape index (κ3) is 5.98. The number of carbonyl (C=O) groups excluding carboxylic acids is 1. The molecule has 4 rings (SSSR count). The Bertz CT molecular complexity index is 1340. The van der Waals surface area contributed by atoms with E-state index in [1.54, 1.807) is 29.7 Å². The van der Waals surface area contributed by atoms with Crippen molar-refractivity contribution in [2.24, 2.45) is 10.1 Å². The highest BCUT2D eigenvalue weighted by Crippen LogP contribution is 2.43. The Morgan fingerprint density at radius 3 is 2.50 bits per heavy atom. The van der Waals surface area contributed by atoms with E-state index in [9.17, 15) is 10.0 Å². The van der Waals surface area contributed by atoms with Crippen molar-refractivity contribution in [3.05, 3.63) is 110 Å². The van der Waals surface area contributed by atoms with Gasteiger partial charge in [0.25, 0.3) is 5.91 Å². The number of halogens is 1. The van der Waals surface area contributed by atoms with Crippen LogP contribution in [0.15, 0.2) is 87.4 Å². The van der Waals surface area contributed by atoms with Gasteiger partial charge in [0.1, 0.15) is 5.75 Å². The Kier molecular flexibility index (Phi) is 8.98. The number of benzene rings is 3. The van der Waals surface area contributed by atoms with Crippen LogP contribution in [0, 0.1) is 0 Å². The number of aliphatic hydroxyl groups is 1. The molecule has 0 bridgehead atoms. The molecule has 0 aromatic heterocycles. The van der Waals surface area contributed by atoms with Crippen molar-refractivity contribution in [3.8, 4) is 5.75 Å². The summed E-state index contributed by atoms with van der Waals surface area (Å²) in [6, 6.07) is 21.7. The molecule has 196 valence electrons. The summed E-state index contributed by atoms with van der Waals surface area (Å²) in [6.07, 6.45) is -0.277. The zero-order chi connectivity index (χ0) is 27.0. The van der Waals surface area contributed by atoms with Gasteiger partial charge in [-0.1, -0.05) is 57.4 Å². The molecule has 0 fully saturated rings. The van der Waals surface area contributed by atoms with Gasteiger partial charge in [-0.25, -0.2) is 10.5 Å². The van der Waals surface area contributed by atoms with Crippen LogP contribution in [0.25, 0.3) is 10.4 Å². The monoisotopic (exact) mass is 579 g/mol. The molecule has 0 aliphatic carbocycles. The van der Waals surface area contributed by atoms with Gasteiger partial charge < -0.3 is 14.6 Å². The molecule has 3 aromatic carbocycles. The number of amides is 1. The van der Waals surface area contributed by atoms with Crippen LogP contribution in [0.4, 0.5) is 0 Å². The molecule has 1 amide bonds. The van der Waals surface area contributed by atoms with E-state index in [-0.39, 0.29) is 25.5 Å². The van der Waals surface area contributed by atoms with E-state index >= 15 is 0 Å². The highest BCUT2D eigenvalue weighted by molar-refractivity contribution is 9.10. The first-order chi connectivity index (χ1) is 18.5. The molecule has 38 heavy (non-hydrogen) atoms. The lowest BCUT2D eigenvalue weighted by molar-refractivity contribution is -0.137. The minimum atomic E-state index is -1.57. The topological polar surface area (TPSA) is 149 Å². The van der Waals surface area contributed by atoms with E-state index in [0.29, 0.717) is 29.9 Å². The van der Waals surface area contributed by atoms with Crippen LogP contribution in [-0.2, 0) is 22.5 Å². The SMILES string of the molecule is [N-]=[N+]=NCc1ccccc1C[C@]1(C(=O)NO)N=C(c2ccc(OCCCO)cc2)O[C@H]1c1ccc(Br)cc1. The number of ether oxygens (including phenoxy) is 2. The third-order valence-electron chi connectivity index (χ3n) is 6.19. The maximum Gasteiger partial charge on any atom is 0.275 e. The van der Waals surface area contributed by atoms with Gasteiger partial charge >= 0.3 is 0 Å². The summed E-state index contributed by atoms with van der Waals surface area (Å²) in [5, 5.41) is 22.5. The summed E-state index contributed by atoms with van der Waals surface area (Å²) < 4.78 is 12.8. The van der Waals surface area contributed by atoms with E-state index in [2.05, 4.69) is 26.0 Å². The average Bonchev–Trinajstić information content (AvgIpc) is 3.33. The molecule has 11 heteroatoms. The molecule has 0 spiro atoms. The molecule has 1 aliphatic heterocycles. The first kappa shape index (κ1) is 27.2. The fraction of sp³-hybridized carbons (Fsp3) is 0.259. The van der Waals surface area contributed by atoms with E-state index in [4.69, 9.17) is 25.1 Å². The lowest BCUT2D eigenvalue weighted by atomic mass is 9.81. The number of nitrogens with zero attached hydrogens (tertiary/aromatic N) is 4. The highest BCUT2D eigenvalue weighted by atomic mass is 79.9. The van der Waals surface area contributed by atoms with Crippen molar-refractivity contribution < 1.29 is 24.6 Å². The molecule has 0 saturated carbocycles. The summed E-state index contributed by atoms with van der Waals surface area (Å²) >= 11 is 3.44. The predicted molar refractivity (Wildman–Crippen MR) is 144 cm³/mol. The van der Waals surface area contributed by atoms with Crippen LogP contribution in [0.2, 0.25) is 0 Å². The van der Waals surface area contributed by atoms with Crippen LogP contribution in [0.5, 0.6) is 5.75 Å². The Labute approximate surface area is 227 Å². The second kappa shape index (κ2) is 12.6. The van der Waals surface area contributed by atoms with Crippen molar-refractivity contribution in [1.82, 2.24) is 5.48 Å². The number of hydroxylamine groups is 1. The van der Waals surface area contributed by atoms with E-state index in [1.807, 2.05) is 48.5 Å². The molecule has 0 saturated heterocycles. The average molecular weight is 580 g/mol. The Morgan fingerprint density at radius 1 is 1.13 bits per heavy atom. The number of hydrogen-bond acceptors (Lipinski definition) is 7. The van der Waals surface area contributed by atoms with Gasteiger partial charge in [0.2, 0.25) is 5.90 Å². The second-order valence-corrected chi connectivity index (χ2v) is 9.53. The predicted octanol–water partition coefficient (Wildman–Crippen LogP) is 5.03. The summed E-state index contributed by atoms with van der Waals surface area (Å²) in [4.78, 5) is 21.1. The van der Waals surface area contributed by atoms with E-state index < -0.39 is 17.6 Å². The van der Waals surface area contributed by atoms with Crippen LogP contribution < -0.4 is 10.2 Å². The second-order valence-electron chi connectivity index (χ2n) is 8.62. The maximum absolute atomic E-state index is 13.4. The smallest absolute Gasteiger partial charge is 0.275 e. The number of hydrogen-bond donors (Lipinski definition) is 3. The van der Waals surface area contributed by atoms with Crippen molar-refractivity contribution in [2.45, 2.75) is 31.0 Å². The summed E-state index contributed by atoms with van der Waals surface area (Å²) in [6.45, 7) is 0.525. The number of aliphatic imine (C=N–C) groups is 1. The summed E-state index contributed by atoms with van der Waals surface area (Å²) in [7, 11) is 0. The largest absolute Gasteiger partial charge is 0.494 e. The number of nitrogens with one attached hydrogen (secondary N) is 1. The van der Waals surface area contributed by atoms with Crippen molar-refractivity contribution in [3.63, 3.8) is 0 Å². The highest BCUT2D eigenvalue weighted by Gasteiger charge is 2.53. The molecular weight excluding hydrogens is 554 g/mol. The fourth-order valence-electron chi connectivity index (χ4n) is 4.30. The number of carbonyl (C=O) groups is 1. The first-order valence-electron chi connectivity index (χ1n) is 11.9. The summed E-state index contributed by atoms with van der Waals surface area (Å²) in [5.41, 5.74) is 11.8. The van der Waals surface area contributed by atoms with Crippen LogP contribution in [0.3, 0.4) is 0 Å². The zero-order valence-electron chi connectivity index (χ0n) is 20.3. The van der Waals surface area contributed by atoms with E-state index in [0.717, 1.165) is 15.6 Å². The Balaban J connectivity index is 1.78. The molecular formula is C27H26BrN5O5. The molecule has 10 nitrogen and oxygen atoms in total. The van der Waals surface area contributed by atoms with Gasteiger partial charge in [0, 0.05) is 34.4 Å². The van der Waals surface area contributed by atoms with Gasteiger partial charge in [-0.2, -0.15) is 0 Å². The fourth-order valence-corrected chi connectivity index (χ4v) is 4.56. The molecule has 1 aliphatic rings. The molecule has 3 aromatic rings. The number of aliphatic hydroxyl groups excluding tert-OH is 1. The Morgan fingerprint density at radius 2 is 1.84 bits per heavy atom. The van der Waals surface area contributed by atoms with Gasteiger partial charge in [-0.15, -0.1) is 0 Å². The molecule has 3 N–H and O–H groups in total. The van der Waals surface area contributed by atoms with Crippen LogP contribution >= 0.6 is 15.9 Å². The number of rotatable bonds is 11. The standard InChI is InChI=1S/C27H26BrN5O5/c28-22-10-6-18(7-11-22)24-27(26(35)32-36,16-20-4-1-2-5-21(20)17-30-33-29)31-25(38-24)19-8-12-23(13-9-19)37-15-3-14-34/h1-2,4-13,24,34,36H,3,14-17H2,(H,32,35)/t24-,27-/m0/s1. The lowest BCUT2D eigenvalue weighted by Gasteiger charge is -2.30. The lowest BCUT2D eigenvalue weighted by Crippen LogP contribution is -2.49. The maximum atomic E-state index is 13.4. The van der Waals surface area contributed by atoms with Crippen molar-refractivity contribution in [2.75, 3.05) is 13.2 Å². The first-order valence-corrected chi connectivity index (χ1v) is 12.7. The quantitative estimate of drug-likeness (QED) is 0.0727. The van der Waals surface area contributed by atoms with Gasteiger partial charge in [-0.3, -0.25) is 10.0 Å². The van der Waals surface area contributed by atoms with Gasteiger partial charge in [-0.05, 0) is 58.6 Å². The zero-order valence-corrected chi connectivity index (χ0v) is 21.9.